The number of rotatable bonds is 4. The topological polar surface area (TPSA) is 86.4 Å². The number of nitrogens with zero attached hydrogens (tertiary/aromatic N) is 3. The number of aryl methyl sites for hydroxylation is 1. The molecule has 2 aliphatic heterocycles. The maximum absolute atomic E-state index is 13.4. The fraction of sp³-hybridized carbons (Fsp3) is 0.417. The van der Waals surface area contributed by atoms with Crippen LogP contribution in [0.2, 0.25) is 0 Å². The Morgan fingerprint density at radius 3 is 2.44 bits per heavy atom. The highest BCUT2D eigenvalue weighted by molar-refractivity contribution is 7.89. The third-order valence-corrected chi connectivity index (χ3v) is 8.63. The molecule has 1 amide bonds. The number of piperidine rings is 1. The summed E-state index contributed by atoms with van der Waals surface area (Å²) in [5.74, 6) is 0.821. The first kappa shape index (κ1) is 21.2. The maximum atomic E-state index is 13.4. The van der Waals surface area contributed by atoms with Gasteiger partial charge in [0, 0.05) is 25.6 Å². The number of nitrogens with one attached hydrogen (secondary N) is 1. The Labute approximate surface area is 188 Å². The first-order valence-corrected chi connectivity index (χ1v) is 12.7. The van der Waals surface area contributed by atoms with E-state index >= 15 is 0 Å². The maximum Gasteiger partial charge on any atom is 0.243 e. The van der Waals surface area contributed by atoms with Crippen LogP contribution >= 0.6 is 0 Å². The number of aromatic amines is 1. The van der Waals surface area contributed by atoms with Gasteiger partial charge in [0.25, 0.3) is 0 Å². The minimum Gasteiger partial charge on any atom is -0.340 e. The molecule has 32 heavy (non-hydrogen) atoms. The number of fused-ring (bicyclic) bond motifs is 1. The molecule has 3 aromatic rings. The van der Waals surface area contributed by atoms with Crippen LogP contribution in [0.1, 0.15) is 43.1 Å². The van der Waals surface area contributed by atoms with Crippen molar-refractivity contribution in [3.8, 4) is 0 Å². The first-order valence-electron chi connectivity index (χ1n) is 11.3. The second-order valence-corrected chi connectivity index (χ2v) is 10.8. The van der Waals surface area contributed by atoms with E-state index in [9.17, 15) is 13.2 Å². The highest BCUT2D eigenvalue weighted by Gasteiger charge is 2.38. The van der Waals surface area contributed by atoms with Crippen molar-refractivity contribution >= 4 is 27.0 Å². The summed E-state index contributed by atoms with van der Waals surface area (Å²) in [6, 6.07) is 14.8. The van der Waals surface area contributed by atoms with Crippen LogP contribution in [0.3, 0.4) is 0 Å². The van der Waals surface area contributed by atoms with Gasteiger partial charge in [0.1, 0.15) is 5.82 Å². The third-order valence-electron chi connectivity index (χ3n) is 6.72. The normalized spacial score (nSPS) is 20.8. The number of sulfonamides is 1. The van der Waals surface area contributed by atoms with Crippen molar-refractivity contribution in [2.24, 2.45) is 5.92 Å². The zero-order valence-corrected chi connectivity index (χ0v) is 19.0. The second kappa shape index (κ2) is 8.33. The number of carbonyl (C=O) groups excluding carboxylic acids is 1. The van der Waals surface area contributed by atoms with E-state index in [1.807, 2.05) is 48.2 Å². The summed E-state index contributed by atoms with van der Waals surface area (Å²) in [5.41, 5.74) is 2.92. The molecule has 0 radical (unpaired) electrons. The number of amides is 1. The van der Waals surface area contributed by atoms with E-state index in [2.05, 4.69) is 4.98 Å². The lowest BCUT2D eigenvalue weighted by atomic mass is 9.96. The van der Waals surface area contributed by atoms with E-state index in [0.29, 0.717) is 30.8 Å². The molecular weight excluding hydrogens is 424 g/mol. The Balaban J connectivity index is 1.27. The highest BCUT2D eigenvalue weighted by Crippen LogP contribution is 2.34. The molecule has 1 N–H and O–H groups in total. The molecule has 1 atom stereocenters. The van der Waals surface area contributed by atoms with Gasteiger partial charge < -0.3 is 9.88 Å². The van der Waals surface area contributed by atoms with Gasteiger partial charge in [0.05, 0.1) is 22.0 Å². The van der Waals surface area contributed by atoms with Gasteiger partial charge in [0.15, 0.2) is 0 Å². The number of hydrogen-bond acceptors (Lipinski definition) is 4. The van der Waals surface area contributed by atoms with Gasteiger partial charge in [-0.1, -0.05) is 29.8 Å². The smallest absolute Gasteiger partial charge is 0.243 e. The molecule has 1 unspecified atom stereocenters. The van der Waals surface area contributed by atoms with Crippen molar-refractivity contribution < 1.29 is 13.2 Å². The summed E-state index contributed by atoms with van der Waals surface area (Å²) in [6.45, 7) is 3.40. The molecule has 8 heteroatoms. The molecule has 5 rings (SSSR count). The molecule has 0 aliphatic carbocycles. The average molecular weight is 453 g/mol. The second-order valence-electron chi connectivity index (χ2n) is 8.82. The number of benzene rings is 2. The number of likely N-dealkylation sites (tertiary alicyclic amines) is 1. The molecule has 1 aromatic heterocycles. The molecular formula is C24H28N4O3S. The molecule has 7 nitrogen and oxygen atoms in total. The standard InChI is InChI=1S/C24H28N4O3S/c1-17-8-10-19(11-9-17)32(30,31)27-15-12-18(13-16-27)24(29)28-14-4-7-22(28)23-25-20-5-2-3-6-21(20)26-23/h2-3,5-6,8-11,18,22H,4,7,12-16H2,1H3,(H,25,26). The summed E-state index contributed by atoms with van der Waals surface area (Å²) >= 11 is 0. The van der Waals surface area contributed by atoms with Crippen LogP contribution in [0.5, 0.6) is 0 Å². The Kier molecular flexibility index (Phi) is 5.51. The lowest BCUT2D eigenvalue weighted by Gasteiger charge is -2.34. The van der Waals surface area contributed by atoms with E-state index in [1.54, 1.807) is 12.1 Å². The van der Waals surface area contributed by atoms with Crippen LogP contribution in [0.4, 0.5) is 0 Å². The number of aromatic nitrogens is 2. The minimum atomic E-state index is -3.52. The lowest BCUT2D eigenvalue weighted by molar-refractivity contribution is -0.137. The average Bonchev–Trinajstić information content (AvgIpc) is 3.46. The van der Waals surface area contributed by atoms with Crippen LogP contribution in [-0.4, -0.2) is 53.1 Å². The largest absolute Gasteiger partial charge is 0.340 e. The number of H-pyrrole nitrogens is 1. The summed E-state index contributed by atoms with van der Waals surface area (Å²) in [6.07, 6.45) is 2.95. The van der Waals surface area contributed by atoms with Gasteiger partial charge in [-0.05, 0) is 56.9 Å². The Bertz CT molecular complexity index is 1190. The van der Waals surface area contributed by atoms with Crippen molar-refractivity contribution in [2.45, 2.75) is 43.5 Å². The van der Waals surface area contributed by atoms with Crippen molar-refractivity contribution in [2.75, 3.05) is 19.6 Å². The summed E-state index contributed by atoms with van der Waals surface area (Å²) in [5, 5.41) is 0. The number of carbonyl (C=O) groups is 1. The molecule has 0 saturated carbocycles. The van der Waals surface area contributed by atoms with E-state index in [-0.39, 0.29) is 17.9 Å². The van der Waals surface area contributed by atoms with Crippen LogP contribution in [-0.2, 0) is 14.8 Å². The highest BCUT2D eigenvalue weighted by atomic mass is 32.2. The monoisotopic (exact) mass is 452 g/mol. The molecule has 0 bridgehead atoms. The molecule has 2 fully saturated rings. The van der Waals surface area contributed by atoms with E-state index < -0.39 is 10.0 Å². The van der Waals surface area contributed by atoms with Crippen LogP contribution in [0.15, 0.2) is 53.4 Å². The molecule has 168 valence electrons. The number of hydrogen-bond donors (Lipinski definition) is 1. The minimum absolute atomic E-state index is 0.0378. The van der Waals surface area contributed by atoms with Crippen LogP contribution < -0.4 is 0 Å². The van der Waals surface area contributed by atoms with Gasteiger partial charge in [-0.25, -0.2) is 13.4 Å². The van der Waals surface area contributed by atoms with Crippen molar-refractivity contribution in [1.29, 1.82) is 0 Å². The lowest BCUT2D eigenvalue weighted by Crippen LogP contribution is -2.44. The predicted molar refractivity (Wildman–Crippen MR) is 122 cm³/mol. The van der Waals surface area contributed by atoms with E-state index in [4.69, 9.17) is 4.98 Å². The van der Waals surface area contributed by atoms with Crippen molar-refractivity contribution in [3.63, 3.8) is 0 Å². The zero-order valence-electron chi connectivity index (χ0n) is 18.2. The van der Waals surface area contributed by atoms with Gasteiger partial charge >= 0.3 is 0 Å². The van der Waals surface area contributed by atoms with Crippen LogP contribution in [0.25, 0.3) is 11.0 Å². The first-order chi connectivity index (χ1) is 15.4. The SMILES string of the molecule is Cc1ccc(S(=O)(=O)N2CCC(C(=O)N3CCCC3c3nc4ccccc4[nH]3)CC2)cc1. The molecule has 2 saturated heterocycles. The number of para-hydroxylation sites is 2. The van der Waals surface area contributed by atoms with Crippen LogP contribution in [0, 0.1) is 12.8 Å². The van der Waals surface area contributed by atoms with Gasteiger partial charge in [-0.3, -0.25) is 4.79 Å². The Hall–Kier alpha value is -2.71. The molecule has 0 spiro atoms. The van der Waals surface area contributed by atoms with E-state index in [1.165, 1.54) is 4.31 Å². The fourth-order valence-electron chi connectivity index (χ4n) is 4.88. The predicted octanol–water partition coefficient (Wildman–Crippen LogP) is 3.64. The summed E-state index contributed by atoms with van der Waals surface area (Å²) in [4.78, 5) is 23.7. The molecule has 2 aromatic carbocycles. The van der Waals surface area contributed by atoms with Gasteiger partial charge in [0.2, 0.25) is 15.9 Å². The quantitative estimate of drug-likeness (QED) is 0.655. The van der Waals surface area contributed by atoms with Gasteiger partial charge in [-0.2, -0.15) is 4.31 Å². The Morgan fingerprint density at radius 1 is 1.00 bits per heavy atom. The number of imidazole rings is 1. The summed E-state index contributed by atoms with van der Waals surface area (Å²) < 4.78 is 27.5. The van der Waals surface area contributed by atoms with Crippen molar-refractivity contribution in [3.05, 3.63) is 59.9 Å². The zero-order chi connectivity index (χ0) is 22.3. The van der Waals surface area contributed by atoms with Crippen molar-refractivity contribution in [1.82, 2.24) is 19.2 Å². The van der Waals surface area contributed by atoms with E-state index in [0.717, 1.165) is 41.8 Å². The summed E-state index contributed by atoms with van der Waals surface area (Å²) in [7, 11) is -3.52. The molecule has 2 aliphatic rings. The van der Waals surface area contributed by atoms with Gasteiger partial charge in [-0.15, -0.1) is 0 Å². The fourth-order valence-corrected chi connectivity index (χ4v) is 6.35. The Morgan fingerprint density at radius 2 is 1.72 bits per heavy atom. The third kappa shape index (κ3) is 3.82. The molecule has 3 heterocycles.